The number of carbonyl (C=O) groups excluding carboxylic acids is 1. The first-order valence-electron chi connectivity index (χ1n) is 4.79. The van der Waals surface area contributed by atoms with Crippen LogP contribution in [0.15, 0.2) is 0 Å². The van der Waals surface area contributed by atoms with Gasteiger partial charge in [0.25, 0.3) is 0 Å². The molecule has 0 rings (SSSR count). The summed E-state index contributed by atoms with van der Waals surface area (Å²) in [6, 6.07) is -0.880. The zero-order chi connectivity index (χ0) is 12.4. The average molecular weight is 244 g/mol. The highest BCUT2D eigenvalue weighted by Crippen LogP contribution is 1.95. The monoisotopic (exact) mass is 244 g/mol. The summed E-state index contributed by atoms with van der Waals surface area (Å²) in [6.45, 7) is 2.17. The van der Waals surface area contributed by atoms with Crippen LogP contribution in [0.5, 0.6) is 0 Å². The number of carboxylic acids is 1. The third kappa shape index (κ3) is 8.15. The van der Waals surface area contributed by atoms with E-state index < -0.39 is 12.0 Å². The minimum absolute atomic E-state index is 0.214. The molecule has 16 heavy (non-hydrogen) atoms. The molecule has 0 aromatic rings. The number of carbonyl (C=O) groups is 2. The molecule has 6 heteroatoms. The standard InChI is InChI=1S/C10H16N2O3S/c1-3-5-16-6-4-11-7-9(10(14)15)12-8(2)13/h1,9,11H,4-7H2,2H3,(H,12,13)(H,14,15). The van der Waals surface area contributed by atoms with Crippen LogP contribution in [0.1, 0.15) is 6.92 Å². The van der Waals surface area contributed by atoms with Gasteiger partial charge in [-0.2, -0.15) is 0 Å². The van der Waals surface area contributed by atoms with Crippen molar-refractivity contribution in [2.75, 3.05) is 24.6 Å². The molecule has 5 nitrogen and oxygen atoms in total. The molecule has 1 unspecified atom stereocenters. The summed E-state index contributed by atoms with van der Waals surface area (Å²) < 4.78 is 0. The maximum Gasteiger partial charge on any atom is 0.327 e. The largest absolute Gasteiger partial charge is 0.480 e. The van der Waals surface area contributed by atoms with Crippen LogP contribution in [0.25, 0.3) is 0 Å². The minimum Gasteiger partial charge on any atom is -0.480 e. The first kappa shape index (κ1) is 14.8. The van der Waals surface area contributed by atoms with Gasteiger partial charge in [-0.05, 0) is 0 Å². The van der Waals surface area contributed by atoms with Crippen LogP contribution < -0.4 is 10.6 Å². The minimum atomic E-state index is -1.04. The van der Waals surface area contributed by atoms with Crippen LogP contribution in [0.3, 0.4) is 0 Å². The summed E-state index contributed by atoms with van der Waals surface area (Å²) in [4.78, 5) is 21.4. The van der Waals surface area contributed by atoms with E-state index in [1.807, 2.05) is 0 Å². The molecule has 0 saturated heterocycles. The maximum absolute atomic E-state index is 10.7. The lowest BCUT2D eigenvalue weighted by Gasteiger charge is -2.13. The fraction of sp³-hybridized carbons (Fsp3) is 0.600. The van der Waals surface area contributed by atoms with E-state index in [-0.39, 0.29) is 12.5 Å². The van der Waals surface area contributed by atoms with Gasteiger partial charge < -0.3 is 15.7 Å². The SMILES string of the molecule is C#CCSCCNCC(NC(C)=O)C(=O)O. The molecule has 0 aliphatic rings. The van der Waals surface area contributed by atoms with Crippen LogP contribution in [-0.4, -0.2) is 47.6 Å². The summed E-state index contributed by atoms with van der Waals surface area (Å²) in [5.41, 5.74) is 0. The highest BCUT2D eigenvalue weighted by Gasteiger charge is 2.16. The molecule has 0 fully saturated rings. The Bertz CT molecular complexity index is 276. The number of terminal acetylenes is 1. The van der Waals surface area contributed by atoms with Crippen LogP contribution in [0, 0.1) is 12.3 Å². The highest BCUT2D eigenvalue weighted by molar-refractivity contribution is 7.99. The molecule has 0 radical (unpaired) electrons. The third-order valence-corrected chi connectivity index (χ3v) is 2.50. The summed E-state index contributed by atoms with van der Waals surface area (Å²) in [5, 5.41) is 14.1. The predicted octanol–water partition coefficient (Wildman–Crippen LogP) is -0.468. The molecule has 3 N–H and O–H groups in total. The number of hydrogen-bond donors (Lipinski definition) is 3. The Labute approximate surface area is 99.4 Å². The van der Waals surface area contributed by atoms with Crippen molar-refractivity contribution in [3.05, 3.63) is 0 Å². The van der Waals surface area contributed by atoms with Crippen molar-refractivity contribution in [2.24, 2.45) is 0 Å². The molecule has 0 heterocycles. The van der Waals surface area contributed by atoms with Gasteiger partial charge in [0.2, 0.25) is 5.91 Å². The maximum atomic E-state index is 10.7. The number of aliphatic carboxylic acids is 1. The zero-order valence-electron chi connectivity index (χ0n) is 9.16. The molecule has 0 aromatic heterocycles. The lowest BCUT2D eigenvalue weighted by molar-refractivity contribution is -0.141. The normalized spacial score (nSPS) is 11.5. The molecular formula is C10H16N2O3S. The van der Waals surface area contributed by atoms with Crippen LogP contribution in [0.4, 0.5) is 0 Å². The first-order valence-corrected chi connectivity index (χ1v) is 5.95. The molecule has 0 aliphatic heterocycles. The quantitative estimate of drug-likeness (QED) is 0.397. The third-order valence-electron chi connectivity index (χ3n) is 1.63. The van der Waals surface area contributed by atoms with E-state index in [9.17, 15) is 9.59 Å². The van der Waals surface area contributed by atoms with E-state index in [4.69, 9.17) is 11.5 Å². The van der Waals surface area contributed by atoms with Gasteiger partial charge in [0, 0.05) is 25.8 Å². The van der Waals surface area contributed by atoms with Gasteiger partial charge in [-0.3, -0.25) is 4.79 Å². The van der Waals surface area contributed by atoms with Gasteiger partial charge in [-0.1, -0.05) is 5.92 Å². The lowest BCUT2D eigenvalue weighted by Crippen LogP contribution is -2.46. The molecule has 0 aliphatic carbocycles. The molecule has 0 bridgehead atoms. The second-order valence-electron chi connectivity index (χ2n) is 3.05. The fourth-order valence-electron chi connectivity index (χ4n) is 0.967. The van der Waals surface area contributed by atoms with Gasteiger partial charge in [0.1, 0.15) is 6.04 Å². The average Bonchev–Trinajstić information content (AvgIpc) is 2.20. The van der Waals surface area contributed by atoms with E-state index in [1.54, 1.807) is 11.8 Å². The highest BCUT2D eigenvalue weighted by atomic mass is 32.2. The zero-order valence-corrected chi connectivity index (χ0v) is 9.97. The summed E-state index contributed by atoms with van der Waals surface area (Å²) in [5.74, 6) is 2.57. The van der Waals surface area contributed by atoms with Gasteiger partial charge in [0.15, 0.2) is 0 Å². The Morgan fingerprint density at radius 1 is 1.56 bits per heavy atom. The fourth-order valence-corrected chi connectivity index (χ4v) is 1.52. The van der Waals surface area contributed by atoms with E-state index in [0.717, 1.165) is 5.75 Å². The predicted molar refractivity (Wildman–Crippen MR) is 64.3 cm³/mol. The lowest BCUT2D eigenvalue weighted by atomic mass is 10.3. The molecule has 90 valence electrons. The molecule has 1 amide bonds. The van der Waals surface area contributed by atoms with Gasteiger partial charge in [-0.15, -0.1) is 18.2 Å². The first-order chi connectivity index (χ1) is 7.57. The van der Waals surface area contributed by atoms with Crippen molar-refractivity contribution in [1.82, 2.24) is 10.6 Å². The van der Waals surface area contributed by atoms with E-state index >= 15 is 0 Å². The molecule has 0 aromatic carbocycles. The van der Waals surface area contributed by atoms with Crippen molar-refractivity contribution in [3.8, 4) is 12.3 Å². The van der Waals surface area contributed by atoms with Gasteiger partial charge >= 0.3 is 5.97 Å². The summed E-state index contributed by atoms with van der Waals surface area (Å²) in [6.07, 6.45) is 5.07. The van der Waals surface area contributed by atoms with E-state index in [1.165, 1.54) is 6.92 Å². The number of thioether (sulfide) groups is 1. The van der Waals surface area contributed by atoms with Crippen molar-refractivity contribution >= 4 is 23.6 Å². The number of nitrogens with one attached hydrogen (secondary N) is 2. The van der Waals surface area contributed by atoms with E-state index in [2.05, 4.69) is 16.6 Å². The van der Waals surface area contributed by atoms with Gasteiger partial charge in [-0.25, -0.2) is 4.79 Å². The van der Waals surface area contributed by atoms with E-state index in [0.29, 0.717) is 12.3 Å². The Hall–Kier alpha value is -1.19. The second kappa shape index (κ2) is 9.07. The van der Waals surface area contributed by atoms with Crippen molar-refractivity contribution < 1.29 is 14.7 Å². The number of hydrogen-bond acceptors (Lipinski definition) is 4. The van der Waals surface area contributed by atoms with Crippen molar-refractivity contribution in [3.63, 3.8) is 0 Å². The smallest absolute Gasteiger partial charge is 0.327 e. The number of carboxylic acid groups (broad SMARTS) is 1. The number of amides is 1. The van der Waals surface area contributed by atoms with Crippen LogP contribution >= 0.6 is 11.8 Å². The molecule has 0 spiro atoms. The second-order valence-corrected chi connectivity index (χ2v) is 4.16. The van der Waals surface area contributed by atoms with Crippen LogP contribution in [-0.2, 0) is 9.59 Å². The molecular weight excluding hydrogens is 228 g/mol. The van der Waals surface area contributed by atoms with Gasteiger partial charge in [0.05, 0.1) is 5.75 Å². The topological polar surface area (TPSA) is 78.4 Å². The van der Waals surface area contributed by atoms with Crippen LogP contribution in [0.2, 0.25) is 0 Å². The van der Waals surface area contributed by atoms with Crippen molar-refractivity contribution in [1.29, 1.82) is 0 Å². The summed E-state index contributed by atoms with van der Waals surface area (Å²) in [7, 11) is 0. The Morgan fingerprint density at radius 2 is 2.25 bits per heavy atom. The molecule has 1 atom stereocenters. The van der Waals surface area contributed by atoms with Crippen molar-refractivity contribution in [2.45, 2.75) is 13.0 Å². The summed E-state index contributed by atoms with van der Waals surface area (Å²) >= 11 is 1.59. The Kier molecular flexibility index (Phi) is 8.39. The Morgan fingerprint density at radius 3 is 2.75 bits per heavy atom. The molecule has 0 saturated carbocycles. The Balaban J connectivity index is 3.65. The number of rotatable bonds is 8.